The molecule has 19 heavy (non-hydrogen) atoms. The van der Waals surface area contributed by atoms with Gasteiger partial charge in [0.2, 0.25) is 0 Å². The molecule has 0 bridgehead atoms. The van der Waals surface area contributed by atoms with Gasteiger partial charge in [-0.15, -0.1) is 0 Å². The van der Waals surface area contributed by atoms with E-state index >= 15 is 0 Å². The minimum atomic E-state index is -0.269. The average molecular weight is 262 g/mol. The van der Waals surface area contributed by atoms with Crippen molar-refractivity contribution in [1.29, 1.82) is 0 Å². The number of hydrogen-bond donors (Lipinski definition) is 1. The second-order valence-corrected chi connectivity index (χ2v) is 4.77. The highest BCUT2D eigenvalue weighted by Gasteiger charge is 2.13. The Balaban J connectivity index is 2.15. The molecule has 2 N–H and O–H groups in total. The van der Waals surface area contributed by atoms with E-state index in [9.17, 15) is 4.39 Å². The van der Waals surface area contributed by atoms with Crippen LogP contribution in [0.5, 0.6) is 0 Å². The second-order valence-electron chi connectivity index (χ2n) is 4.77. The van der Waals surface area contributed by atoms with Crippen molar-refractivity contribution in [3.05, 3.63) is 47.3 Å². The molecule has 0 fully saturated rings. The summed E-state index contributed by atoms with van der Waals surface area (Å²) in [5.74, 6) is 0.594. The Bertz CT molecular complexity index is 530. The highest BCUT2D eigenvalue weighted by atomic mass is 19.1. The molecule has 0 amide bonds. The number of nitrogens with two attached hydrogens (primary N) is 1. The fraction of sp³-hybridized carbons (Fsp3) is 0.429. The summed E-state index contributed by atoms with van der Waals surface area (Å²) in [5.41, 5.74) is 7.81. The maximum atomic E-state index is 13.4. The Morgan fingerprint density at radius 3 is 2.84 bits per heavy atom. The Hall–Kier alpha value is -1.75. The molecule has 1 heterocycles. The fourth-order valence-corrected chi connectivity index (χ4v) is 2.14. The first kappa shape index (κ1) is 13.7. The molecule has 0 aliphatic heterocycles. The van der Waals surface area contributed by atoms with Gasteiger partial charge in [0.05, 0.1) is 0 Å². The van der Waals surface area contributed by atoms with Gasteiger partial charge in [0, 0.05) is 19.0 Å². The predicted octanol–water partition coefficient (Wildman–Crippen LogP) is 2.38. The first-order chi connectivity index (χ1) is 9.10. The van der Waals surface area contributed by atoms with Crippen LogP contribution in [0, 0.1) is 12.7 Å². The highest BCUT2D eigenvalue weighted by Crippen LogP contribution is 2.18. The predicted molar refractivity (Wildman–Crippen MR) is 72.1 cm³/mol. The Morgan fingerprint density at radius 1 is 1.37 bits per heavy atom. The molecule has 2 aromatic rings. The number of nitrogens with zero attached hydrogens (tertiary/aromatic N) is 3. The van der Waals surface area contributed by atoms with E-state index in [1.54, 1.807) is 0 Å². The largest absolute Gasteiger partial charge is 0.324 e. The number of benzene rings is 1. The molecule has 1 aromatic carbocycles. The van der Waals surface area contributed by atoms with Crippen molar-refractivity contribution in [2.24, 2.45) is 5.73 Å². The number of halogens is 1. The molecule has 1 aromatic heterocycles. The van der Waals surface area contributed by atoms with Crippen LogP contribution in [0.3, 0.4) is 0 Å². The first-order valence-corrected chi connectivity index (χ1v) is 6.49. The van der Waals surface area contributed by atoms with Gasteiger partial charge in [-0.25, -0.2) is 9.37 Å². The minimum absolute atomic E-state index is 0.250. The summed E-state index contributed by atoms with van der Waals surface area (Å²) in [5, 5.41) is 4.16. The Labute approximate surface area is 112 Å². The minimum Gasteiger partial charge on any atom is -0.324 e. The average Bonchev–Trinajstić information content (AvgIpc) is 2.76. The molecular formula is C14H19FN4. The van der Waals surface area contributed by atoms with Crippen LogP contribution >= 0.6 is 0 Å². The van der Waals surface area contributed by atoms with E-state index in [1.165, 1.54) is 18.5 Å². The molecule has 0 spiro atoms. The van der Waals surface area contributed by atoms with E-state index < -0.39 is 0 Å². The number of aromatic nitrogens is 3. The zero-order chi connectivity index (χ0) is 13.8. The quantitative estimate of drug-likeness (QED) is 0.900. The van der Waals surface area contributed by atoms with E-state index in [0.29, 0.717) is 6.42 Å². The van der Waals surface area contributed by atoms with Crippen molar-refractivity contribution in [3.63, 3.8) is 0 Å². The van der Waals surface area contributed by atoms with E-state index in [-0.39, 0.29) is 11.9 Å². The maximum absolute atomic E-state index is 13.4. The smallest absolute Gasteiger partial charge is 0.138 e. The van der Waals surface area contributed by atoms with Crippen molar-refractivity contribution in [1.82, 2.24) is 14.8 Å². The van der Waals surface area contributed by atoms with Gasteiger partial charge in [-0.2, -0.15) is 5.10 Å². The normalized spacial score (nSPS) is 12.6. The molecule has 0 saturated heterocycles. The van der Waals surface area contributed by atoms with Gasteiger partial charge in [-0.1, -0.05) is 13.0 Å². The van der Waals surface area contributed by atoms with Gasteiger partial charge in [-0.05, 0) is 36.6 Å². The summed E-state index contributed by atoms with van der Waals surface area (Å²) < 4.78 is 15.2. The van der Waals surface area contributed by atoms with Crippen LogP contribution in [-0.2, 0) is 13.0 Å². The first-order valence-electron chi connectivity index (χ1n) is 6.49. The van der Waals surface area contributed by atoms with Crippen molar-refractivity contribution >= 4 is 0 Å². The van der Waals surface area contributed by atoms with Gasteiger partial charge >= 0.3 is 0 Å². The van der Waals surface area contributed by atoms with Gasteiger partial charge in [0.25, 0.3) is 0 Å². The fourth-order valence-electron chi connectivity index (χ4n) is 2.14. The van der Waals surface area contributed by atoms with E-state index in [2.05, 4.69) is 17.0 Å². The Kier molecular flexibility index (Phi) is 4.27. The van der Waals surface area contributed by atoms with Crippen molar-refractivity contribution in [2.75, 3.05) is 0 Å². The number of aryl methyl sites for hydroxylation is 2. The zero-order valence-corrected chi connectivity index (χ0v) is 11.3. The second kappa shape index (κ2) is 5.93. The monoisotopic (exact) mass is 262 g/mol. The van der Waals surface area contributed by atoms with Crippen LogP contribution in [0.15, 0.2) is 24.5 Å². The van der Waals surface area contributed by atoms with E-state index in [4.69, 9.17) is 5.73 Å². The summed E-state index contributed by atoms with van der Waals surface area (Å²) in [7, 11) is 0. The molecule has 0 aliphatic rings. The van der Waals surface area contributed by atoms with Gasteiger partial charge in [0.1, 0.15) is 18.0 Å². The van der Waals surface area contributed by atoms with Gasteiger partial charge in [-0.3, -0.25) is 4.68 Å². The standard InChI is InChI=1S/C14H19FN4/c1-3-4-19-14(17-9-18-19)8-13(16)11-5-10(2)6-12(15)7-11/h5-7,9,13H,3-4,8,16H2,1-2H3. The summed E-state index contributed by atoms with van der Waals surface area (Å²) in [6, 6.07) is 4.62. The molecule has 102 valence electrons. The van der Waals surface area contributed by atoms with E-state index in [1.807, 2.05) is 17.7 Å². The molecule has 4 nitrogen and oxygen atoms in total. The summed E-state index contributed by atoms with van der Waals surface area (Å²) in [4.78, 5) is 4.22. The molecule has 1 atom stereocenters. The summed E-state index contributed by atoms with van der Waals surface area (Å²) in [6.45, 7) is 4.77. The summed E-state index contributed by atoms with van der Waals surface area (Å²) >= 11 is 0. The molecule has 1 unspecified atom stereocenters. The number of hydrogen-bond acceptors (Lipinski definition) is 3. The van der Waals surface area contributed by atoms with Crippen LogP contribution in [0.25, 0.3) is 0 Å². The van der Waals surface area contributed by atoms with Crippen LogP contribution in [0.1, 0.15) is 36.3 Å². The topological polar surface area (TPSA) is 56.7 Å². The SMILES string of the molecule is CCCn1ncnc1CC(N)c1cc(C)cc(F)c1. The highest BCUT2D eigenvalue weighted by molar-refractivity contribution is 5.26. The third-order valence-electron chi connectivity index (χ3n) is 3.03. The van der Waals surface area contributed by atoms with Crippen molar-refractivity contribution < 1.29 is 4.39 Å². The third kappa shape index (κ3) is 3.38. The maximum Gasteiger partial charge on any atom is 0.138 e. The molecule has 0 radical (unpaired) electrons. The molecule has 0 aliphatic carbocycles. The molecular weight excluding hydrogens is 243 g/mol. The van der Waals surface area contributed by atoms with Crippen LogP contribution in [0.2, 0.25) is 0 Å². The van der Waals surface area contributed by atoms with Gasteiger partial charge in [0.15, 0.2) is 0 Å². The van der Waals surface area contributed by atoms with E-state index in [0.717, 1.165) is 29.9 Å². The molecule has 5 heteroatoms. The molecule has 2 rings (SSSR count). The van der Waals surface area contributed by atoms with Crippen LogP contribution in [0.4, 0.5) is 4.39 Å². The Morgan fingerprint density at radius 2 is 2.16 bits per heavy atom. The number of rotatable bonds is 5. The molecule has 0 saturated carbocycles. The van der Waals surface area contributed by atoms with Crippen molar-refractivity contribution in [2.45, 2.75) is 39.3 Å². The van der Waals surface area contributed by atoms with Gasteiger partial charge < -0.3 is 5.73 Å². The third-order valence-corrected chi connectivity index (χ3v) is 3.03. The lowest BCUT2D eigenvalue weighted by atomic mass is 10.0. The lowest BCUT2D eigenvalue weighted by Crippen LogP contribution is -2.17. The zero-order valence-electron chi connectivity index (χ0n) is 11.3. The lowest BCUT2D eigenvalue weighted by molar-refractivity contribution is 0.546. The van der Waals surface area contributed by atoms with Crippen LogP contribution < -0.4 is 5.73 Å². The van der Waals surface area contributed by atoms with Crippen molar-refractivity contribution in [3.8, 4) is 0 Å². The summed E-state index contributed by atoms with van der Waals surface area (Å²) in [6.07, 6.45) is 3.09. The van der Waals surface area contributed by atoms with Crippen LogP contribution in [-0.4, -0.2) is 14.8 Å². The lowest BCUT2D eigenvalue weighted by Gasteiger charge is -2.13.